The summed E-state index contributed by atoms with van der Waals surface area (Å²) in [7, 11) is 4.31. The Morgan fingerprint density at radius 1 is 1.44 bits per heavy atom. The van der Waals surface area contributed by atoms with Crippen LogP contribution in [0.4, 0.5) is 5.82 Å². The average molecular weight is 333 g/mol. The zero-order chi connectivity index (χ0) is 13.1. The van der Waals surface area contributed by atoms with Gasteiger partial charge in [0, 0.05) is 35.4 Å². The first-order chi connectivity index (χ1) is 8.61. The van der Waals surface area contributed by atoms with Crippen molar-refractivity contribution in [1.82, 2.24) is 9.88 Å². The van der Waals surface area contributed by atoms with E-state index in [9.17, 15) is 0 Å². The molecule has 1 aliphatic heterocycles. The molecule has 2 rings (SSSR count). The van der Waals surface area contributed by atoms with Crippen LogP contribution in [0.2, 0.25) is 0 Å². The molecule has 0 aliphatic carbocycles. The number of aromatic nitrogens is 1. The SMILES string of the molecule is CN(C)C1CCN(c2ncc(Br)cc2CCl)CC1. The highest BCUT2D eigenvalue weighted by Gasteiger charge is 2.22. The predicted octanol–water partition coefficient (Wildman–Crippen LogP) is 3.11. The molecule has 0 bridgehead atoms. The first kappa shape index (κ1) is 14.1. The van der Waals surface area contributed by atoms with Crippen molar-refractivity contribution in [2.24, 2.45) is 0 Å². The van der Waals surface area contributed by atoms with Gasteiger partial charge in [0.15, 0.2) is 0 Å². The highest BCUT2D eigenvalue weighted by atomic mass is 79.9. The molecule has 0 atom stereocenters. The maximum Gasteiger partial charge on any atom is 0.133 e. The Kier molecular flexibility index (Phi) is 4.87. The molecule has 0 aromatic carbocycles. The fourth-order valence-corrected chi connectivity index (χ4v) is 3.03. The van der Waals surface area contributed by atoms with Crippen LogP contribution >= 0.6 is 27.5 Å². The van der Waals surface area contributed by atoms with E-state index in [2.05, 4.69) is 50.9 Å². The quantitative estimate of drug-likeness (QED) is 0.793. The van der Waals surface area contributed by atoms with Gasteiger partial charge in [0.05, 0.1) is 5.88 Å². The highest BCUT2D eigenvalue weighted by Crippen LogP contribution is 2.26. The van der Waals surface area contributed by atoms with E-state index in [0.29, 0.717) is 11.9 Å². The summed E-state index contributed by atoms with van der Waals surface area (Å²) in [5.74, 6) is 1.56. The summed E-state index contributed by atoms with van der Waals surface area (Å²) in [5.41, 5.74) is 1.11. The largest absolute Gasteiger partial charge is 0.356 e. The average Bonchev–Trinajstić information content (AvgIpc) is 2.38. The van der Waals surface area contributed by atoms with Gasteiger partial charge in [-0.15, -0.1) is 11.6 Å². The van der Waals surface area contributed by atoms with Gasteiger partial charge in [-0.05, 0) is 48.9 Å². The molecule has 0 unspecified atom stereocenters. The van der Waals surface area contributed by atoms with Gasteiger partial charge in [0.2, 0.25) is 0 Å². The summed E-state index contributed by atoms with van der Waals surface area (Å²) in [6.07, 6.45) is 4.22. The molecule has 1 fully saturated rings. The second-order valence-corrected chi connectivity index (χ2v) is 6.13. The Labute approximate surface area is 122 Å². The van der Waals surface area contributed by atoms with Crippen LogP contribution in [-0.4, -0.2) is 43.1 Å². The molecule has 0 amide bonds. The van der Waals surface area contributed by atoms with E-state index in [4.69, 9.17) is 11.6 Å². The second kappa shape index (κ2) is 6.22. The maximum absolute atomic E-state index is 6.01. The summed E-state index contributed by atoms with van der Waals surface area (Å²) >= 11 is 9.45. The zero-order valence-electron chi connectivity index (χ0n) is 10.9. The van der Waals surface area contributed by atoms with E-state index in [1.807, 2.05) is 6.20 Å². The maximum atomic E-state index is 6.01. The minimum atomic E-state index is 0.509. The molecule has 1 aliphatic rings. The smallest absolute Gasteiger partial charge is 0.133 e. The van der Waals surface area contributed by atoms with Crippen molar-refractivity contribution in [2.45, 2.75) is 24.8 Å². The van der Waals surface area contributed by atoms with E-state index >= 15 is 0 Å². The Morgan fingerprint density at radius 2 is 2.11 bits per heavy atom. The number of anilines is 1. The third-order valence-corrected chi connectivity index (χ3v) is 4.27. The van der Waals surface area contributed by atoms with Gasteiger partial charge in [-0.3, -0.25) is 0 Å². The Morgan fingerprint density at radius 3 is 2.67 bits per heavy atom. The molecule has 18 heavy (non-hydrogen) atoms. The van der Waals surface area contributed by atoms with Gasteiger partial charge in [-0.1, -0.05) is 0 Å². The minimum Gasteiger partial charge on any atom is -0.356 e. The van der Waals surface area contributed by atoms with Crippen LogP contribution in [0, 0.1) is 0 Å². The Balaban J connectivity index is 2.09. The summed E-state index contributed by atoms with van der Waals surface area (Å²) < 4.78 is 0.991. The normalized spacial score (nSPS) is 17.5. The van der Waals surface area contributed by atoms with Crippen LogP contribution in [0.3, 0.4) is 0 Å². The molecule has 5 heteroatoms. The van der Waals surface area contributed by atoms with E-state index in [-0.39, 0.29) is 0 Å². The lowest BCUT2D eigenvalue weighted by Crippen LogP contribution is -2.42. The number of hydrogen-bond acceptors (Lipinski definition) is 3. The van der Waals surface area contributed by atoms with E-state index in [0.717, 1.165) is 28.9 Å². The van der Waals surface area contributed by atoms with Gasteiger partial charge in [0.25, 0.3) is 0 Å². The topological polar surface area (TPSA) is 19.4 Å². The fraction of sp³-hybridized carbons (Fsp3) is 0.615. The number of hydrogen-bond donors (Lipinski definition) is 0. The van der Waals surface area contributed by atoms with Gasteiger partial charge >= 0.3 is 0 Å². The first-order valence-corrected chi connectivity index (χ1v) is 7.56. The molecule has 1 aromatic heterocycles. The molecule has 1 saturated heterocycles. The van der Waals surface area contributed by atoms with Crippen molar-refractivity contribution in [1.29, 1.82) is 0 Å². The van der Waals surface area contributed by atoms with Gasteiger partial charge in [-0.25, -0.2) is 4.98 Å². The first-order valence-electron chi connectivity index (χ1n) is 6.23. The Hall–Kier alpha value is -0.320. The van der Waals surface area contributed by atoms with Crippen molar-refractivity contribution in [3.05, 3.63) is 22.3 Å². The fourth-order valence-electron chi connectivity index (χ4n) is 2.45. The van der Waals surface area contributed by atoms with Crippen molar-refractivity contribution in [3.63, 3.8) is 0 Å². The van der Waals surface area contributed by atoms with Crippen LogP contribution in [0.25, 0.3) is 0 Å². The van der Waals surface area contributed by atoms with E-state index in [1.54, 1.807) is 0 Å². The third-order valence-electron chi connectivity index (χ3n) is 3.55. The van der Waals surface area contributed by atoms with Gasteiger partial charge in [-0.2, -0.15) is 0 Å². The van der Waals surface area contributed by atoms with Crippen LogP contribution in [-0.2, 0) is 5.88 Å². The standard InChI is InChI=1S/C13H19BrClN3/c1-17(2)12-3-5-18(6-4-12)13-10(8-15)7-11(14)9-16-13/h7,9,12H,3-6,8H2,1-2H3. The Bertz CT molecular complexity index is 403. The van der Waals surface area contributed by atoms with Crippen LogP contribution in [0.5, 0.6) is 0 Å². The van der Waals surface area contributed by atoms with Crippen LogP contribution in [0.1, 0.15) is 18.4 Å². The van der Waals surface area contributed by atoms with Crippen molar-refractivity contribution in [3.8, 4) is 0 Å². The number of rotatable bonds is 3. The zero-order valence-corrected chi connectivity index (χ0v) is 13.2. The monoisotopic (exact) mass is 331 g/mol. The van der Waals surface area contributed by atoms with E-state index in [1.165, 1.54) is 12.8 Å². The molecule has 1 aromatic rings. The van der Waals surface area contributed by atoms with Crippen molar-refractivity contribution in [2.75, 3.05) is 32.1 Å². The highest BCUT2D eigenvalue weighted by molar-refractivity contribution is 9.10. The lowest BCUT2D eigenvalue weighted by atomic mass is 10.0. The molecule has 0 N–H and O–H groups in total. The lowest BCUT2D eigenvalue weighted by molar-refractivity contribution is 0.249. The molecule has 0 spiro atoms. The molecule has 2 heterocycles. The van der Waals surface area contributed by atoms with Gasteiger partial charge < -0.3 is 9.80 Å². The summed E-state index contributed by atoms with van der Waals surface area (Å²) in [4.78, 5) is 9.19. The molecule has 0 radical (unpaired) electrons. The number of alkyl halides is 1. The summed E-state index contributed by atoms with van der Waals surface area (Å²) in [6.45, 7) is 2.11. The van der Waals surface area contributed by atoms with Crippen LogP contribution < -0.4 is 4.90 Å². The van der Waals surface area contributed by atoms with E-state index < -0.39 is 0 Å². The van der Waals surface area contributed by atoms with Gasteiger partial charge in [0.1, 0.15) is 5.82 Å². The lowest BCUT2D eigenvalue weighted by Gasteiger charge is -2.36. The van der Waals surface area contributed by atoms with Crippen molar-refractivity contribution < 1.29 is 0 Å². The molecule has 3 nitrogen and oxygen atoms in total. The molecule has 100 valence electrons. The van der Waals surface area contributed by atoms with Crippen molar-refractivity contribution >= 4 is 33.3 Å². The van der Waals surface area contributed by atoms with Crippen LogP contribution in [0.15, 0.2) is 16.7 Å². The minimum absolute atomic E-state index is 0.509. The summed E-state index contributed by atoms with van der Waals surface area (Å²) in [6, 6.07) is 2.75. The second-order valence-electron chi connectivity index (χ2n) is 4.95. The number of piperidine rings is 1. The third kappa shape index (κ3) is 3.16. The predicted molar refractivity (Wildman–Crippen MR) is 80.4 cm³/mol. The molecule has 0 saturated carbocycles. The number of nitrogens with zero attached hydrogens (tertiary/aromatic N) is 3. The summed E-state index contributed by atoms with van der Waals surface area (Å²) in [5, 5.41) is 0. The molecular weight excluding hydrogens is 314 g/mol. The number of pyridine rings is 1. The molecular formula is C13H19BrClN3. The number of halogens is 2.